The van der Waals surface area contributed by atoms with Crippen LogP contribution in [0.5, 0.6) is 11.5 Å². The summed E-state index contributed by atoms with van der Waals surface area (Å²) in [6, 6.07) is 13.0. The van der Waals surface area contributed by atoms with Gasteiger partial charge in [0, 0.05) is 5.56 Å². The highest BCUT2D eigenvalue weighted by atomic mass is 35.5. The number of nitrogens with one attached hydrogen (secondary N) is 1. The van der Waals surface area contributed by atoms with Crippen LogP contribution in [0.4, 0.5) is 13.2 Å². The highest BCUT2D eigenvalue weighted by Gasteiger charge is 2.32. The number of hydrogen-bond donors (Lipinski definition) is 1. The summed E-state index contributed by atoms with van der Waals surface area (Å²) in [6.07, 6.45) is -4.88. The van der Waals surface area contributed by atoms with Gasteiger partial charge in [-0.3, -0.25) is 4.79 Å². The van der Waals surface area contributed by atoms with E-state index in [4.69, 9.17) is 16.3 Å². The standard InChI is InChI=1S/C18H14ClF3N2O3/c1-17(10-23,11-26-15-8-3-2-7-14(15)19)24-16(25)12-5-4-6-13(9-12)27-18(20,21)22/h2-9H,11H2,1H3,(H,24,25). The summed E-state index contributed by atoms with van der Waals surface area (Å²) in [5.74, 6) is -0.967. The van der Waals surface area contributed by atoms with E-state index in [2.05, 4.69) is 10.1 Å². The molecule has 0 aromatic heterocycles. The summed E-state index contributed by atoms with van der Waals surface area (Å²) in [7, 11) is 0. The maximum atomic E-state index is 12.3. The third-order valence-electron chi connectivity index (χ3n) is 3.32. The fourth-order valence-electron chi connectivity index (χ4n) is 2.04. The van der Waals surface area contributed by atoms with Crippen LogP contribution in [0.25, 0.3) is 0 Å². The lowest BCUT2D eigenvalue weighted by Crippen LogP contribution is -2.49. The predicted molar refractivity (Wildman–Crippen MR) is 91.6 cm³/mol. The minimum absolute atomic E-state index is 0.101. The third-order valence-corrected chi connectivity index (χ3v) is 3.63. The minimum Gasteiger partial charge on any atom is -0.488 e. The molecule has 0 saturated carbocycles. The highest BCUT2D eigenvalue weighted by molar-refractivity contribution is 6.32. The van der Waals surface area contributed by atoms with E-state index < -0.39 is 23.6 Å². The number of ether oxygens (including phenoxy) is 2. The van der Waals surface area contributed by atoms with Crippen molar-refractivity contribution in [3.63, 3.8) is 0 Å². The summed E-state index contributed by atoms with van der Waals surface area (Å²) < 4.78 is 46.2. The van der Waals surface area contributed by atoms with Crippen molar-refractivity contribution in [2.45, 2.75) is 18.8 Å². The van der Waals surface area contributed by atoms with Crippen LogP contribution in [0.1, 0.15) is 17.3 Å². The van der Waals surface area contributed by atoms with Gasteiger partial charge in [-0.05, 0) is 37.3 Å². The van der Waals surface area contributed by atoms with Gasteiger partial charge in [-0.25, -0.2) is 0 Å². The van der Waals surface area contributed by atoms with Crippen LogP contribution in [0.2, 0.25) is 5.02 Å². The maximum absolute atomic E-state index is 12.3. The molecule has 2 aromatic carbocycles. The van der Waals surface area contributed by atoms with Crippen LogP contribution in [-0.2, 0) is 0 Å². The zero-order valence-corrected chi connectivity index (χ0v) is 14.8. The Labute approximate surface area is 158 Å². The molecule has 0 aliphatic rings. The largest absolute Gasteiger partial charge is 0.573 e. The number of nitrogens with zero attached hydrogens (tertiary/aromatic N) is 1. The average Bonchev–Trinajstić information content (AvgIpc) is 2.60. The van der Waals surface area contributed by atoms with Crippen LogP contribution < -0.4 is 14.8 Å². The normalized spacial score (nSPS) is 13.2. The lowest BCUT2D eigenvalue weighted by molar-refractivity contribution is -0.274. The summed E-state index contributed by atoms with van der Waals surface area (Å²) >= 11 is 5.97. The SMILES string of the molecule is CC(C#N)(COc1ccccc1Cl)NC(=O)c1cccc(OC(F)(F)F)c1. The summed E-state index contributed by atoms with van der Waals surface area (Å²) in [5, 5.41) is 12.2. The number of carbonyl (C=O) groups is 1. The fraction of sp³-hybridized carbons (Fsp3) is 0.222. The maximum Gasteiger partial charge on any atom is 0.573 e. The van der Waals surface area contributed by atoms with Gasteiger partial charge in [0.1, 0.15) is 18.1 Å². The number of carbonyl (C=O) groups excluding carboxylic acids is 1. The Hall–Kier alpha value is -2.92. The molecule has 2 rings (SSSR count). The van der Waals surface area contributed by atoms with E-state index in [0.717, 1.165) is 12.1 Å². The molecule has 1 atom stereocenters. The molecule has 0 spiro atoms. The molecule has 0 fully saturated rings. The second kappa shape index (κ2) is 8.18. The molecular formula is C18H14ClF3N2O3. The van der Waals surface area contributed by atoms with Crippen molar-refractivity contribution < 1.29 is 27.4 Å². The van der Waals surface area contributed by atoms with Gasteiger partial charge in [0.15, 0.2) is 5.54 Å². The van der Waals surface area contributed by atoms with E-state index in [0.29, 0.717) is 10.8 Å². The highest BCUT2D eigenvalue weighted by Crippen LogP contribution is 2.25. The number of halogens is 4. The van der Waals surface area contributed by atoms with Gasteiger partial charge in [-0.1, -0.05) is 29.8 Å². The molecule has 0 saturated heterocycles. The Kier molecular flexibility index (Phi) is 6.18. The van der Waals surface area contributed by atoms with Crippen molar-refractivity contribution in [2.75, 3.05) is 6.61 Å². The number of rotatable bonds is 6. The Morgan fingerprint density at radius 3 is 2.56 bits per heavy atom. The van der Waals surface area contributed by atoms with E-state index in [-0.39, 0.29) is 12.2 Å². The summed E-state index contributed by atoms with van der Waals surface area (Å²) in [5.41, 5.74) is -1.55. The molecule has 1 amide bonds. The van der Waals surface area contributed by atoms with Crippen LogP contribution >= 0.6 is 11.6 Å². The number of nitriles is 1. The average molecular weight is 399 g/mol. The van der Waals surface area contributed by atoms with Gasteiger partial charge in [0.2, 0.25) is 0 Å². The first-order valence-corrected chi connectivity index (χ1v) is 7.96. The van der Waals surface area contributed by atoms with Crippen molar-refractivity contribution in [2.24, 2.45) is 0 Å². The van der Waals surface area contributed by atoms with Crippen molar-refractivity contribution in [1.29, 1.82) is 5.26 Å². The van der Waals surface area contributed by atoms with Crippen LogP contribution in [0.3, 0.4) is 0 Å². The molecule has 27 heavy (non-hydrogen) atoms. The molecule has 142 valence electrons. The second-order valence-corrected chi connectivity index (χ2v) is 6.10. The summed E-state index contributed by atoms with van der Waals surface area (Å²) in [4.78, 5) is 12.3. The van der Waals surface area contributed by atoms with E-state index in [9.17, 15) is 23.2 Å². The van der Waals surface area contributed by atoms with E-state index >= 15 is 0 Å². The number of hydrogen-bond acceptors (Lipinski definition) is 4. The molecule has 0 heterocycles. The number of benzene rings is 2. The first kappa shape index (κ1) is 20.4. The molecular weight excluding hydrogens is 385 g/mol. The Morgan fingerprint density at radius 1 is 1.22 bits per heavy atom. The van der Waals surface area contributed by atoms with Crippen LogP contribution in [0, 0.1) is 11.3 Å². The quantitative estimate of drug-likeness (QED) is 0.786. The molecule has 0 radical (unpaired) electrons. The molecule has 5 nitrogen and oxygen atoms in total. The lowest BCUT2D eigenvalue weighted by atomic mass is 10.0. The Morgan fingerprint density at radius 2 is 1.93 bits per heavy atom. The number of alkyl halides is 3. The van der Waals surface area contributed by atoms with Gasteiger partial charge >= 0.3 is 6.36 Å². The first-order chi connectivity index (χ1) is 12.6. The van der Waals surface area contributed by atoms with Crippen molar-refractivity contribution >= 4 is 17.5 Å². The van der Waals surface area contributed by atoms with E-state index in [1.165, 1.54) is 19.1 Å². The van der Waals surface area contributed by atoms with Crippen molar-refractivity contribution in [3.05, 3.63) is 59.1 Å². The molecule has 1 N–H and O–H groups in total. The van der Waals surface area contributed by atoms with Gasteiger partial charge in [0.25, 0.3) is 5.91 Å². The zero-order valence-electron chi connectivity index (χ0n) is 14.0. The predicted octanol–water partition coefficient (Wildman–Crippen LogP) is 4.33. The molecule has 0 aliphatic heterocycles. The van der Waals surface area contributed by atoms with Gasteiger partial charge in [0.05, 0.1) is 11.1 Å². The van der Waals surface area contributed by atoms with Gasteiger partial charge in [-0.15, -0.1) is 13.2 Å². The van der Waals surface area contributed by atoms with E-state index in [1.54, 1.807) is 24.3 Å². The molecule has 2 aromatic rings. The Balaban J connectivity index is 2.09. The van der Waals surface area contributed by atoms with E-state index in [1.807, 2.05) is 6.07 Å². The summed E-state index contributed by atoms with van der Waals surface area (Å²) in [6.45, 7) is 1.19. The molecule has 9 heteroatoms. The molecule has 0 bridgehead atoms. The third kappa shape index (κ3) is 6.08. The van der Waals surface area contributed by atoms with Gasteiger partial charge in [-0.2, -0.15) is 5.26 Å². The minimum atomic E-state index is -4.88. The number of amides is 1. The smallest absolute Gasteiger partial charge is 0.488 e. The second-order valence-electron chi connectivity index (χ2n) is 5.69. The fourth-order valence-corrected chi connectivity index (χ4v) is 2.23. The molecule has 1 unspecified atom stereocenters. The van der Waals surface area contributed by atoms with Crippen LogP contribution in [0.15, 0.2) is 48.5 Å². The first-order valence-electron chi connectivity index (χ1n) is 7.59. The van der Waals surface area contributed by atoms with Gasteiger partial charge < -0.3 is 14.8 Å². The monoisotopic (exact) mass is 398 g/mol. The van der Waals surface area contributed by atoms with Crippen molar-refractivity contribution in [3.8, 4) is 17.6 Å². The van der Waals surface area contributed by atoms with Crippen LogP contribution in [-0.4, -0.2) is 24.4 Å². The molecule has 0 aliphatic carbocycles. The zero-order chi connectivity index (χ0) is 20.1. The Bertz CT molecular complexity index is 867. The topological polar surface area (TPSA) is 71.3 Å². The number of para-hydroxylation sites is 1. The lowest BCUT2D eigenvalue weighted by Gasteiger charge is -2.24. The van der Waals surface area contributed by atoms with Crippen molar-refractivity contribution in [1.82, 2.24) is 5.32 Å².